The van der Waals surface area contributed by atoms with Gasteiger partial charge in [-0.15, -0.1) is 0 Å². The normalized spacial score (nSPS) is 14.2. The molecule has 1 aliphatic rings. The highest BCUT2D eigenvalue weighted by molar-refractivity contribution is 6.35. The minimum absolute atomic E-state index is 0.0500. The van der Waals surface area contributed by atoms with Crippen LogP contribution < -0.4 is 15.8 Å². The van der Waals surface area contributed by atoms with Gasteiger partial charge in [-0.05, 0) is 49.4 Å². The number of carbonyl (C=O) groups is 1. The van der Waals surface area contributed by atoms with Crippen LogP contribution in [0.1, 0.15) is 18.4 Å². The van der Waals surface area contributed by atoms with Crippen LogP contribution in [0.4, 0.5) is 0 Å². The van der Waals surface area contributed by atoms with Crippen molar-refractivity contribution in [3.63, 3.8) is 0 Å². The van der Waals surface area contributed by atoms with Gasteiger partial charge in [-0.1, -0.05) is 23.2 Å². The Morgan fingerprint density at radius 1 is 1.40 bits per heavy atom. The Balaban J connectivity index is 1.94. The molecule has 1 aromatic rings. The summed E-state index contributed by atoms with van der Waals surface area (Å²) in [5.41, 5.74) is 6.37. The van der Waals surface area contributed by atoms with Gasteiger partial charge in [0, 0.05) is 11.6 Å². The van der Waals surface area contributed by atoms with Crippen molar-refractivity contribution in [1.82, 2.24) is 5.32 Å². The molecule has 0 radical (unpaired) electrons. The van der Waals surface area contributed by atoms with Crippen molar-refractivity contribution in [1.29, 1.82) is 0 Å². The van der Waals surface area contributed by atoms with Crippen LogP contribution in [0.15, 0.2) is 12.1 Å². The summed E-state index contributed by atoms with van der Waals surface area (Å²) in [4.78, 5) is 11.7. The van der Waals surface area contributed by atoms with Crippen LogP contribution in [-0.4, -0.2) is 25.6 Å². The highest BCUT2D eigenvalue weighted by Gasteiger charge is 2.21. The van der Waals surface area contributed by atoms with E-state index in [1.165, 1.54) is 12.8 Å². The molecular formula is C14H18Cl2N2O2. The fourth-order valence-corrected chi connectivity index (χ4v) is 2.48. The molecule has 0 aromatic heterocycles. The maximum absolute atomic E-state index is 11.7. The number of benzene rings is 1. The zero-order chi connectivity index (χ0) is 14.5. The molecule has 6 heteroatoms. The Hall–Kier alpha value is -0.970. The van der Waals surface area contributed by atoms with E-state index in [4.69, 9.17) is 33.7 Å². The number of hydrogen-bond donors (Lipinski definition) is 2. The molecule has 4 nitrogen and oxygen atoms in total. The first kappa shape index (κ1) is 15.4. The number of ether oxygens (including phenoxy) is 1. The molecule has 1 aliphatic carbocycles. The van der Waals surface area contributed by atoms with Gasteiger partial charge in [-0.3, -0.25) is 4.79 Å². The van der Waals surface area contributed by atoms with Crippen molar-refractivity contribution in [3.05, 3.63) is 27.7 Å². The largest absolute Gasteiger partial charge is 0.482 e. The van der Waals surface area contributed by atoms with E-state index in [9.17, 15) is 4.79 Å². The second-order valence-electron chi connectivity index (χ2n) is 4.95. The second-order valence-corrected chi connectivity index (χ2v) is 5.79. The number of carbonyl (C=O) groups excluding carboxylic acids is 1. The third kappa shape index (κ3) is 4.54. The van der Waals surface area contributed by atoms with E-state index in [0.717, 1.165) is 12.1 Å². The molecule has 0 unspecified atom stereocenters. The van der Waals surface area contributed by atoms with Gasteiger partial charge in [0.15, 0.2) is 6.61 Å². The van der Waals surface area contributed by atoms with Crippen molar-refractivity contribution in [3.8, 4) is 5.75 Å². The number of nitrogens with one attached hydrogen (secondary N) is 1. The predicted molar refractivity (Wildman–Crippen MR) is 80.4 cm³/mol. The standard InChI is InChI=1S/C14H18Cl2N2O2/c15-11-5-10(3-4-17)14(12(16)6-11)20-8-13(19)18-7-9-1-2-9/h5-6,9H,1-4,7-8,17H2,(H,18,19). The van der Waals surface area contributed by atoms with Gasteiger partial charge in [0.1, 0.15) is 5.75 Å². The highest BCUT2D eigenvalue weighted by atomic mass is 35.5. The van der Waals surface area contributed by atoms with Crippen LogP contribution in [-0.2, 0) is 11.2 Å². The first-order valence-corrected chi connectivity index (χ1v) is 7.43. The minimum atomic E-state index is -0.137. The average molecular weight is 317 g/mol. The van der Waals surface area contributed by atoms with E-state index in [1.54, 1.807) is 12.1 Å². The molecule has 0 atom stereocenters. The summed E-state index contributed by atoms with van der Waals surface area (Å²) >= 11 is 12.1. The fourth-order valence-electron chi connectivity index (χ4n) is 1.89. The quantitative estimate of drug-likeness (QED) is 0.812. The molecule has 0 spiro atoms. The van der Waals surface area contributed by atoms with Crippen LogP contribution in [0.25, 0.3) is 0 Å². The summed E-state index contributed by atoms with van der Waals surface area (Å²) in [5, 5.41) is 3.77. The SMILES string of the molecule is NCCc1cc(Cl)cc(Cl)c1OCC(=O)NCC1CC1. The molecule has 0 heterocycles. The third-order valence-corrected chi connectivity index (χ3v) is 3.63. The first-order chi connectivity index (χ1) is 9.60. The zero-order valence-electron chi connectivity index (χ0n) is 11.1. The predicted octanol–water partition coefficient (Wildman–Crippen LogP) is 2.40. The molecular weight excluding hydrogens is 299 g/mol. The molecule has 110 valence electrons. The number of amides is 1. The van der Waals surface area contributed by atoms with Crippen molar-refractivity contribution in [2.24, 2.45) is 11.7 Å². The highest BCUT2D eigenvalue weighted by Crippen LogP contribution is 2.32. The van der Waals surface area contributed by atoms with Crippen LogP contribution in [0, 0.1) is 5.92 Å². The van der Waals surface area contributed by atoms with Gasteiger partial charge in [0.25, 0.3) is 5.91 Å². The van der Waals surface area contributed by atoms with Gasteiger partial charge in [-0.2, -0.15) is 0 Å². The Bertz CT molecular complexity index is 490. The van der Waals surface area contributed by atoms with E-state index < -0.39 is 0 Å². The smallest absolute Gasteiger partial charge is 0.257 e. The van der Waals surface area contributed by atoms with Crippen LogP contribution >= 0.6 is 23.2 Å². The average Bonchev–Trinajstić information content (AvgIpc) is 3.19. The Morgan fingerprint density at radius 3 is 2.80 bits per heavy atom. The number of halogens is 2. The van der Waals surface area contributed by atoms with Crippen LogP contribution in [0.5, 0.6) is 5.75 Å². The maximum Gasteiger partial charge on any atom is 0.257 e. The topological polar surface area (TPSA) is 64.3 Å². The lowest BCUT2D eigenvalue weighted by molar-refractivity contribution is -0.123. The molecule has 20 heavy (non-hydrogen) atoms. The van der Waals surface area contributed by atoms with Gasteiger partial charge >= 0.3 is 0 Å². The van der Waals surface area contributed by atoms with Gasteiger partial charge in [-0.25, -0.2) is 0 Å². The summed E-state index contributed by atoms with van der Waals surface area (Å²) in [6.07, 6.45) is 2.99. The monoisotopic (exact) mass is 316 g/mol. The van der Waals surface area contributed by atoms with E-state index in [0.29, 0.717) is 34.7 Å². The molecule has 2 rings (SSSR count). The second kappa shape index (κ2) is 7.16. The maximum atomic E-state index is 11.7. The first-order valence-electron chi connectivity index (χ1n) is 6.67. The lowest BCUT2D eigenvalue weighted by Crippen LogP contribution is -2.30. The molecule has 1 fully saturated rings. The Labute approximate surface area is 128 Å². The molecule has 1 aromatic carbocycles. The third-order valence-electron chi connectivity index (χ3n) is 3.13. The van der Waals surface area contributed by atoms with E-state index in [1.807, 2.05) is 0 Å². The van der Waals surface area contributed by atoms with Gasteiger partial charge < -0.3 is 15.8 Å². The summed E-state index contributed by atoms with van der Waals surface area (Å²) in [6, 6.07) is 3.36. The van der Waals surface area contributed by atoms with Crippen molar-refractivity contribution < 1.29 is 9.53 Å². The number of hydrogen-bond acceptors (Lipinski definition) is 3. The van der Waals surface area contributed by atoms with Gasteiger partial charge in [0.2, 0.25) is 0 Å². The molecule has 3 N–H and O–H groups in total. The lowest BCUT2D eigenvalue weighted by Gasteiger charge is -2.13. The van der Waals surface area contributed by atoms with Crippen molar-refractivity contribution in [2.45, 2.75) is 19.3 Å². The summed E-state index contributed by atoms with van der Waals surface area (Å²) in [5.74, 6) is 0.996. The Morgan fingerprint density at radius 2 is 2.15 bits per heavy atom. The van der Waals surface area contributed by atoms with Crippen LogP contribution in [0.3, 0.4) is 0 Å². The molecule has 1 saturated carbocycles. The summed E-state index contributed by atoms with van der Waals surface area (Å²) in [7, 11) is 0. The van der Waals surface area contributed by atoms with Crippen molar-refractivity contribution >= 4 is 29.1 Å². The number of nitrogens with two attached hydrogens (primary N) is 1. The molecule has 0 aliphatic heterocycles. The molecule has 0 bridgehead atoms. The number of rotatable bonds is 7. The molecule has 1 amide bonds. The Kier molecular flexibility index (Phi) is 5.52. The fraction of sp³-hybridized carbons (Fsp3) is 0.500. The van der Waals surface area contributed by atoms with E-state index in [2.05, 4.69) is 5.32 Å². The summed E-state index contributed by atoms with van der Waals surface area (Å²) in [6.45, 7) is 1.14. The lowest BCUT2D eigenvalue weighted by atomic mass is 10.1. The minimum Gasteiger partial charge on any atom is -0.482 e. The van der Waals surface area contributed by atoms with Gasteiger partial charge in [0.05, 0.1) is 5.02 Å². The van der Waals surface area contributed by atoms with Crippen LogP contribution in [0.2, 0.25) is 10.0 Å². The van der Waals surface area contributed by atoms with E-state index >= 15 is 0 Å². The molecule has 0 saturated heterocycles. The summed E-state index contributed by atoms with van der Waals surface area (Å²) < 4.78 is 5.53. The van der Waals surface area contributed by atoms with E-state index in [-0.39, 0.29) is 12.5 Å². The van der Waals surface area contributed by atoms with Crippen molar-refractivity contribution in [2.75, 3.05) is 19.7 Å². The zero-order valence-corrected chi connectivity index (χ0v) is 12.6.